The average Bonchev–Trinajstić information content (AvgIpc) is 2.93. The number of nitrogens with zero attached hydrogens (tertiary/aromatic N) is 2. The molecule has 1 aromatic rings. The molecule has 0 aromatic carbocycles. The summed E-state index contributed by atoms with van der Waals surface area (Å²) in [5.74, 6) is 1.17. The first-order valence-corrected chi connectivity index (χ1v) is 6.77. The molecule has 0 radical (unpaired) electrons. The molecule has 0 amide bonds. The number of nitrogens with one attached hydrogen (secondary N) is 1. The van der Waals surface area contributed by atoms with Crippen molar-refractivity contribution in [2.75, 3.05) is 37.9 Å². The third-order valence-electron chi connectivity index (χ3n) is 2.95. The largest absolute Gasteiger partial charge is 0.393 e. The Labute approximate surface area is 117 Å². The Morgan fingerprint density at radius 1 is 1.53 bits per heavy atom. The first-order chi connectivity index (χ1) is 9.22. The summed E-state index contributed by atoms with van der Waals surface area (Å²) in [7, 11) is 1.67. The molecular weight excluding hydrogens is 268 g/mol. The number of methoxy groups -OCH3 is 1. The van der Waals surface area contributed by atoms with Crippen LogP contribution in [0.3, 0.4) is 0 Å². The lowest BCUT2D eigenvalue weighted by molar-refractivity contribution is 0.105. The van der Waals surface area contributed by atoms with E-state index in [0.717, 1.165) is 32.4 Å². The molecule has 6 nitrogen and oxygen atoms in total. The van der Waals surface area contributed by atoms with E-state index in [4.69, 9.17) is 26.8 Å². The Morgan fingerprint density at radius 3 is 3.05 bits per heavy atom. The second-order valence-corrected chi connectivity index (χ2v) is 4.77. The van der Waals surface area contributed by atoms with Crippen molar-refractivity contribution in [3.05, 3.63) is 11.0 Å². The van der Waals surface area contributed by atoms with Gasteiger partial charge in [-0.05, 0) is 19.3 Å². The molecule has 0 aliphatic carbocycles. The van der Waals surface area contributed by atoms with Crippen LogP contribution in [0.2, 0.25) is 5.15 Å². The van der Waals surface area contributed by atoms with Gasteiger partial charge in [-0.3, -0.25) is 0 Å². The zero-order valence-corrected chi connectivity index (χ0v) is 11.7. The fourth-order valence-corrected chi connectivity index (χ4v) is 2.12. The van der Waals surface area contributed by atoms with E-state index < -0.39 is 0 Å². The van der Waals surface area contributed by atoms with Crippen LogP contribution in [0, 0.1) is 0 Å². The first kappa shape index (κ1) is 14.3. The van der Waals surface area contributed by atoms with Crippen molar-refractivity contribution in [3.8, 4) is 0 Å². The summed E-state index contributed by atoms with van der Waals surface area (Å²) in [5, 5.41) is 3.43. The summed E-state index contributed by atoms with van der Waals surface area (Å²) < 4.78 is 10.5. The van der Waals surface area contributed by atoms with Gasteiger partial charge in [0.15, 0.2) is 16.8 Å². The van der Waals surface area contributed by atoms with Gasteiger partial charge < -0.3 is 20.5 Å². The molecule has 1 atom stereocenters. The van der Waals surface area contributed by atoms with E-state index >= 15 is 0 Å². The molecule has 1 aliphatic heterocycles. The van der Waals surface area contributed by atoms with Gasteiger partial charge in [0.1, 0.15) is 11.8 Å². The maximum absolute atomic E-state index is 6.04. The second-order valence-electron chi connectivity index (χ2n) is 4.41. The Kier molecular flexibility index (Phi) is 5.18. The van der Waals surface area contributed by atoms with Crippen LogP contribution in [0.5, 0.6) is 0 Å². The standard InChI is InChI=1S/C12H19ClN4O2/c1-18-6-3-5-15-12-9(14)10(13)16-11(17-12)8-4-2-7-19-8/h8H,2-7,14H2,1H3,(H,15,16,17). The molecule has 2 rings (SSSR count). The molecule has 0 saturated carbocycles. The van der Waals surface area contributed by atoms with E-state index in [9.17, 15) is 0 Å². The van der Waals surface area contributed by atoms with Gasteiger partial charge in [0, 0.05) is 26.9 Å². The summed E-state index contributed by atoms with van der Waals surface area (Å²) in [6.07, 6.45) is 2.74. The van der Waals surface area contributed by atoms with Crippen LogP contribution in [-0.2, 0) is 9.47 Å². The quantitative estimate of drug-likeness (QED) is 0.615. The lowest BCUT2D eigenvalue weighted by Crippen LogP contribution is -2.12. The highest BCUT2D eigenvalue weighted by atomic mass is 35.5. The molecule has 1 fully saturated rings. The van der Waals surface area contributed by atoms with Crippen LogP contribution >= 0.6 is 11.6 Å². The van der Waals surface area contributed by atoms with Crippen molar-refractivity contribution in [1.29, 1.82) is 0 Å². The van der Waals surface area contributed by atoms with Gasteiger partial charge in [-0.1, -0.05) is 11.6 Å². The molecule has 0 bridgehead atoms. The molecule has 1 saturated heterocycles. The van der Waals surface area contributed by atoms with Crippen LogP contribution in [0.15, 0.2) is 0 Å². The molecule has 1 aliphatic rings. The lowest BCUT2D eigenvalue weighted by atomic mass is 10.2. The molecule has 1 unspecified atom stereocenters. The average molecular weight is 287 g/mol. The third kappa shape index (κ3) is 3.68. The topological polar surface area (TPSA) is 82.3 Å². The minimum Gasteiger partial charge on any atom is -0.393 e. The molecule has 0 spiro atoms. The Balaban J connectivity index is 2.07. The van der Waals surface area contributed by atoms with Crippen molar-refractivity contribution in [2.24, 2.45) is 0 Å². The Bertz CT molecular complexity index is 424. The zero-order valence-electron chi connectivity index (χ0n) is 11.0. The summed E-state index contributed by atoms with van der Waals surface area (Å²) in [6.45, 7) is 2.15. The zero-order chi connectivity index (χ0) is 13.7. The predicted molar refractivity (Wildman–Crippen MR) is 74.4 cm³/mol. The van der Waals surface area contributed by atoms with Crippen LogP contribution in [-0.4, -0.2) is 36.8 Å². The van der Waals surface area contributed by atoms with Crippen LogP contribution in [0.25, 0.3) is 0 Å². The third-order valence-corrected chi connectivity index (χ3v) is 3.24. The van der Waals surface area contributed by atoms with Crippen molar-refractivity contribution in [1.82, 2.24) is 9.97 Å². The van der Waals surface area contributed by atoms with Crippen LogP contribution in [0.4, 0.5) is 11.5 Å². The Morgan fingerprint density at radius 2 is 2.37 bits per heavy atom. The van der Waals surface area contributed by atoms with Gasteiger partial charge in [-0.15, -0.1) is 0 Å². The lowest BCUT2D eigenvalue weighted by Gasteiger charge is -2.13. The van der Waals surface area contributed by atoms with Gasteiger partial charge >= 0.3 is 0 Å². The van der Waals surface area contributed by atoms with Gasteiger partial charge in [-0.2, -0.15) is 0 Å². The van der Waals surface area contributed by atoms with Crippen molar-refractivity contribution < 1.29 is 9.47 Å². The number of nitrogen functional groups attached to an aromatic ring is 1. The van der Waals surface area contributed by atoms with Gasteiger partial charge in [0.05, 0.1) is 0 Å². The number of hydrogen-bond donors (Lipinski definition) is 2. The molecule has 19 heavy (non-hydrogen) atoms. The fraction of sp³-hybridized carbons (Fsp3) is 0.667. The maximum Gasteiger partial charge on any atom is 0.161 e. The summed E-state index contributed by atoms with van der Waals surface area (Å²) in [4.78, 5) is 8.61. The number of halogens is 1. The monoisotopic (exact) mass is 286 g/mol. The molecule has 3 N–H and O–H groups in total. The SMILES string of the molecule is COCCCNc1nc(C2CCCO2)nc(Cl)c1N. The van der Waals surface area contributed by atoms with E-state index in [1.165, 1.54) is 0 Å². The number of hydrogen-bond acceptors (Lipinski definition) is 6. The van der Waals surface area contributed by atoms with E-state index in [0.29, 0.717) is 23.9 Å². The number of nitrogens with two attached hydrogens (primary N) is 1. The number of ether oxygens (including phenoxy) is 2. The predicted octanol–water partition coefficient (Wildman–Crippen LogP) is 2.01. The highest BCUT2D eigenvalue weighted by Crippen LogP contribution is 2.31. The van der Waals surface area contributed by atoms with Gasteiger partial charge in [-0.25, -0.2) is 9.97 Å². The van der Waals surface area contributed by atoms with Crippen molar-refractivity contribution in [2.45, 2.75) is 25.4 Å². The van der Waals surface area contributed by atoms with E-state index in [1.54, 1.807) is 7.11 Å². The fourth-order valence-electron chi connectivity index (χ4n) is 1.94. The molecule has 2 heterocycles. The summed E-state index contributed by atoms with van der Waals surface area (Å²) in [5.41, 5.74) is 6.25. The highest BCUT2D eigenvalue weighted by Gasteiger charge is 2.22. The van der Waals surface area contributed by atoms with E-state index in [1.807, 2.05) is 0 Å². The molecule has 1 aromatic heterocycles. The smallest absolute Gasteiger partial charge is 0.161 e. The number of anilines is 2. The normalized spacial score (nSPS) is 18.7. The molecule has 7 heteroatoms. The van der Waals surface area contributed by atoms with Crippen molar-refractivity contribution >= 4 is 23.1 Å². The second kappa shape index (κ2) is 6.88. The number of rotatable bonds is 6. The first-order valence-electron chi connectivity index (χ1n) is 6.39. The minimum absolute atomic E-state index is 0.0716. The molecule has 106 valence electrons. The van der Waals surface area contributed by atoms with Crippen LogP contribution < -0.4 is 11.1 Å². The summed E-state index contributed by atoms with van der Waals surface area (Å²) in [6, 6.07) is 0. The summed E-state index contributed by atoms with van der Waals surface area (Å²) >= 11 is 6.04. The molecular formula is C12H19ClN4O2. The number of aromatic nitrogens is 2. The van der Waals surface area contributed by atoms with Gasteiger partial charge in [0.2, 0.25) is 0 Å². The van der Waals surface area contributed by atoms with Gasteiger partial charge in [0.25, 0.3) is 0 Å². The maximum atomic E-state index is 6.04. The van der Waals surface area contributed by atoms with Crippen molar-refractivity contribution in [3.63, 3.8) is 0 Å². The van der Waals surface area contributed by atoms with E-state index in [2.05, 4.69) is 15.3 Å². The van der Waals surface area contributed by atoms with Crippen LogP contribution in [0.1, 0.15) is 31.2 Å². The Hall–Kier alpha value is -1.11. The minimum atomic E-state index is -0.0716. The van der Waals surface area contributed by atoms with E-state index in [-0.39, 0.29) is 11.3 Å². The highest BCUT2D eigenvalue weighted by molar-refractivity contribution is 6.32.